The molecule has 3 rings (SSSR count). The molecule has 0 unspecified atom stereocenters. The Labute approximate surface area is 176 Å². The Morgan fingerprint density at radius 1 is 1.10 bits per heavy atom. The van der Waals surface area contributed by atoms with E-state index in [1.807, 2.05) is 24.3 Å². The molecule has 0 fully saturated rings. The van der Waals surface area contributed by atoms with Gasteiger partial charge in [0, 0.05) is 25.4 Å². The summed E-state index contributed by atoms with van der Waals surface area (Å²) in [6.07, 6.45) is -4.53. The lowest BCUT2D eigenvalue weighted by Crippen LogP contribution is -2.31. The summed E-state index contributed by atoms with van der Waals surface area (Å²) < 4.78 is 45.3. The van der Waals surface area contributed by atoms with Crippen molar-refractivity contribution in [2.45, 2.75) is 26.3 Å². The fourth-order valence-corrected chi connectivity index (χ4v) is 2.97. The molecule has 0 spiro atoms. The number of aromatic nitrogens is 2. The van der Waals surface area contributed by atoms with E-state index in [1.165, 1.54) is 25.1 Å². The number of alkyl halides is 3. The molecule has 0 saturated heterocycles. The number of hydrogen-bond acceptors (Lipinski definition) is 4. The third-order valence-electron chi connectivity index (χ3n) is 4.53. The minimum Gasteiger partial charge on any atom is -0.380 e. The van der Waals surface area contributed by atoms with Gasteiger partial charge < -0.3 is 10.1 Å². The minimum atomic E-state index is -4.53. The number of benzene rings is 2. The number of aryl methyl sites for hydroxylation is 1. The zero-order valence-electron chi connectivity index (χ0n) is 16.9. The number of rotatable bonds is 6. The molecule has 1 aromatic heterocycles. The van der Waals surface area contributed by atoms with Gasteiger partial charge in [-0.05, 0) is 36.2 Å². The van der Waals surface area contributed by atoms with E-state index in [2.05, 4.69) is 10.4 Å². The summed E-state index contributed by atoms with van der Waals surface area (Å²) in [6, 6.07) is 13.0. The van der Waals surface area contributed by atoms with Crippen LogP contribution in [0, 0.1) is 6.92 Å². The average Bonchev–Trinajstić information content (AvgIpc) is 2.73. The van der Waals surface area contributed by atoms with Gasteiger partial charge in [-0.25, -0.2) is 4.68 Å². The summed E-state index contributed by atoms with van der Waals surface area (Å²) in [4.78, 5) is 24.8. The molecule has 3 aromatic rings. The summed E-state index contributed by atoms with van der Waals surface area (Å²) >= 11 is 0. The maximum Gasteiger partial charge on any atom is 0.416 e. The predicted molar refractivity (Wildman–Crippen MR) is 108 cm³/mol. The smallest absolute Gasteiger partial charge is 0.380 e. The molecular weight excluding hydrogens is 411 g/mol. The Morgan fingerprint density at radius 2 is 1.77 bits per heavy atom. The molecule has 9 heteroatoms. The number of halogens is 3. The van der Waals surface area contributed by atoms with Gasteiger partial charge >= 0.3 is 6.18 Å². The van der Waals surface area contributed by atoms with Crippen molar-refractivity contribution in [2.24, 2.45) is 0 Å². The van der Waals surface area contributed by atoms with Gasteiger partial charge in [0.25, 0.3) is 5.91 Å². The number of methoxy groups -OCH3 is 1. The van der Waals surface area contributed by atoms with E-state index >= 15 is 0 Å². The summed E-state index contributed by atoms with van der Waals surface area (Å²) in [7, 11) is 1.59. The first-order valence-corrected chi connectivity index (χ1v) is 9.32. The van der Waals surface area contributed by atoms with Gasteiger partial charge in [0.05, 0.1) is 17.9 Å². The van der Waals surface area contributed by atoms with Gasteiger partial charge in [0.2, 0.25) is 5.43 Å². The lowest BCUT2D eigenvalue weighted by Gasteiger charge is -2.13. The molecule has 0 aliphatic heterocycles. The quantitative estimate of drug-likeness (QED) is 0.647. The molecule has 0 saturated carbocycles. The summed E-state index contributed by atoms with van der Waals surface area (Å²) in [5.74, 6) is -0.716. The second-order valence-electron chi connectivity index (χ2n) is 6.89. The van der Waals surface area contributed by atoms with Crippen molar-refractivity contribution in [1.29, 1.82) is 0 Å². The summed E-state index contributed by atoms with van der Waals surface area (Å²) in [5, 5.41) is 6.64. The van der Waals surface area contributed by atoms with E-state index in [1.54, 1.807) is 7.11 Å². The van der Waals surface area contributed by atoms with Crippen molar-refractivity contribution in [1.82, 2.24) is 15.1 Å². The van der Waals surface area contributed by atoms with Gasteiger partial charge in [-0.1, -0.05) is 30.3 Å². The fourth-order valence-electron chi connectivity index (χ4n) is 2.97. The van der Waals surface area contributed by atoms with Crippen LogP contribution in [-0.4, -0.2) is 22.8 Å². The number of ether oxygens (including phenoxy) is 1. The SMILES string of the molecule is COCc1ccc(CNC(=O)c2nn(-c3cccc(C(F)(F)F)c3)c(C)cc2=O)cc1. The Hall–Kier alpha value is -3.46. The summed E-state index contributed by atoms with van der Waals surface area (Å²) in [5.41, 5.74) is 0.297. The van der Waals surface area contributed by atoms with Crippen LogP contribution < -0.4 is 10.7 Å². The average molecular weight is 431 g/mol. The second-order valence-corrected chi connectivity index (χ2v) is 6.89. The Morgan fingerprint density at radius 3 is 2.42 bits per heavy atom. The van der Waals surface area contributed by atoms with Crippen molar-refractivity contribution in [3.05, 3.63) is 92.9 Å². The van der Waals surface area contributed by atoms with E-state index in [9.17, 15) is 22.8 Å². The number of carbonyl (C=O) groups excluding carboxylic acids is 1. The molecule has 6 nitrogen and oxygen atoms in total. The molecule has 0 atom stereocenters. The molecule has 0 aliphatic carbocycles. The molecule has 162 valence electrons. The maximum absolute atomic E-state index is 13.0. The standard InChI is InChI=1S/C22H20F3N3O3/c1-14-10-19(29)20(21(30)26-12-15-6-8-16(9-7-15)13-31-2)27-28(14)18-5-3-4-17(11-18)22(23,24)25/h3-11H,12-13H2,1-2H3,(H,26,30). The van der Waals surface area contributed by atoms with Crippen LogP contribution in [0.3, 0.4) is 0 Å². The van der Waals surface area contributed by atoms with Crippen LogP contribution in [0.5, 0.6) is 0 Å². The predicted octanol–water partition coefficient (Wildman–Crippen LogP) is 3.64. The molecule has 1 amide bonds. The van der Waals surface area contributed by atoms with Crippen molar-refractivity contribution in [3.63, 3.8) is 0 Å². The van der Waals surface area contributed by atoms with Crippen LogP contribution in [0.25, 0.3) is 5.69 Å². The van der Waals surface area contributed by atoms with E-state index in [4.69, 9.17) is 4.74 Å². The maximum atomic E-state index is 13.0. The number of amides is 1. The summed E-state index contributed by atoms with van der Waals surface area (Å²) in [6.45, 7) is 2.15. The highest BCUT2D eigenvalue weighted by atomic mass is 19.4. The first kappa shape index (κ1) is 22.2. The highest BCUT2D eigenvalue weighted by Crippen LogP contribution is 2.30. The van der Waals surface area contributed by atoms with Crippen LogP contribution >= 0.6 is 0 Å². The van der Waals surface area contributed by atoms with Crippen LogP contribution in [0.15, 0.2) is 59.4 Å². The lowest BCUT2D eigenvalue weighted by atomic mass is 10.1. The van der Waals surface area contributed by atoms with Crippen LogP contribution in [0.2, 0.25) is 0 Å². The van der Waals surface area contributed by atoms with E-state index in [-0.39, 0.29) is 12.2 Å². The van der Waals surface area contributed by atoms with E-state index < -0.39 is 28.8 Å². The Balaban J connectivity index is 1.84. The topological polar surface area (TPSA) is 73.2 Å². The van der Waals surface area contributed by atoms with Crippen molar-refractivity contribution < 1.29 is 22.7 Å². The van der Waals surface area contributed by atoms with Crippen LogP contribution in [0.4, 0.5) is 13.2 Å². The van der Waals surface area contributed by atoms with Crippen LogP contribution in [0.1, 0.15) is 32.9 Å². The molecular formula is C22H20F3N3O3. The molecule has 0 bridgehead atoms. The lowest BCUT2D eigenvalue weighted by molar-refractivity contribution is -0.137. The first-order valence-electron chi connectivity index (χ1n) is 9.32. The zero-order valence-corrected chi connectivity index (χ0v) is 16.9. The van der Waals surface area contributed by atoms with Crippen LogP contribution in [-0.2, 0) is 24.1 Å². The van der Waals surface area contributed by atoms with Gasteiger partial charge in [-0.2, -0.15) is 18.3 Å². The van der Waals surface area contributed by atoms with Crippen molar-refractivity contribution in [3.8, 4) is 5.69 Å². The molecule has 1 N–H and O–H groups in total. The monoisotopic (exact) mass is 431 g/mol. The number of carbonyl (C=O) groups is 1. The normalized spacial score (nSPS) is 11.4. The van der Waals surface area contributed by atoms with Gasteiger partial charge in [-0.3, -0.25) is 9.59 Å². The highest BCUT2D eigenvalue weighted by molar-refractivity contribution is 5.92. The Kier molecular flexibility index (Phi) is 6.55. The number of nitrogens with one attached hydrogen (secondary N) is 1. The van der Waals surface area contributed by atoms with Crippen molar-refractivity contribution in [2.75, 3.05) is 7.11 Å². The third-order valence-corrected chi connectivity index (χ3v) is 4.53. The van der Waals surface area contributed by atoms with E-state index in [0.717, 1.165) is 27.9 Å². The van der Waals surface area contributed by atoms with Gasteiger partial charge in [-0.15, -0.1) is 0 Å². The molecule has 0 aliphatic rings. The third kappa shape index (κ3) is 5.37. The fraction of sp³-hybridized carbons (Fsp3) is 0.227. The minimum absolute atomic E-state index is 0.0927. The Bertz CT molecular complexity index is 1140. The largest absolute Gasteiger partial charge is 0.416 e. The van der Waals surface area contributed by atoms with Gasteiger partial charge in [0.1, 0.15) is 0 Å². The molecule has 0 radical (unpaired) electrons. The van der Waals surface area contributed by atoms with Crippen molar-refractivity contribution >= 4 is 5.91 Å². The molecule has 1 heterocycles. The highest BCUT2D eigenvalue weighted by Gasteiger charge is 2.30. The first-order chi connectivity index (χ1) is 14.7. The second kappa shape index (κ2) is 9.13. The molecule has 31 heavy (non-hydrogen) atoms. The zero-order chi connectivity index (χ0) is 22.6. The van der Waals surface area contributed by atoms with E-state index in [0.29, 0.717) is 12.3 Å². The van der Waals surface area contributed by atoms with Gasteiger partial charge in [0.15, 0.2) is 5.69 Å². The number of nitrogens with zero attached hydrogens (tertiary/aromatic N) is 2. The number of hydrogen-bond donors (Lipinski definition) is 1. The molecule has 2 aromatic carbocycles.